The molecule has 6 N–H and O–H groups in total. The predicted octanol–water partition coefficient (Wildman–Crippen LogP) is 4.26. The van der Waals surface area contributed by atoms with E-state index in [1.54, 1.807) is 67.4 Å². The van der Waals surface area contributed by atoms with Gasteiger partial charge in [0, 0.05) is 36.2 Å². The van der Waals surface area contributed by atoms with Gasteiger partial charge >= 0.3 is 0 Å². The van der Waals surface area contributed by atoms with Crippen LogP contribution in [0.25, 0.3) is 0 Å². The van der Waals surface area contributed by atoms with Gasteiger partial charge in [-0.3, -0.25) is 10.2 Å². The van der Waals surface area contributed by atoms with E-state index >= 15 is 0 Å². The van der Waals surface area contributed by atoms with Crippen LogP contribution in [0.3, 0.4) is 0 Å². The molecule has 1 heterocycles. The number of aromatic nitrogens is 1. The predicted molar refractivity (Wildman–Crippen MR) is 146 cm³/mol. The molecule has 0 saturated heterocycles. The zero-order valence-electron chi connectivity index (χ0n) is 20.9. The molecule has 0 spiro atoms. The summed E-state index contributed by atoms with van der Waals surface area (Å²) in [6.45, 7) is 2.45. The number of amides is 1. The van der Waals surface area contributed by atoms with E-state index < -0.39 is 12.1 Å². The third kappa shape index (κ3) is 7.32. The van der Waals surface area contributed by atoms with Crippen LogP contribution in [-0.4, -0.2) is 49.1 Å². The molecule has 1 aromatic heterocycles. The van der Waals surface area contributed by atoms with Crippen molar-refractivity contribution in [3.63, 3.8) is 0 Å². The first-order valence-corrected chi connectivity index (χ1v) is 11.9. The fraction of sp³-hybridized carbons (Fsp3) is 0.269. The van der Waals surface area contributed by atoms with Gasteiger partial charge in [0.25, 0.3) is 5.91 Å². The molecular weight excluding hydrogens is 496 g/mol. The Balaban J connectivity index is 1.91. The Kier molecular flexibility index (Phi) is 9.67. The molecule has 0 bridgehead atoms. The number of hydrogen-bond acceptors (Lipinski definition) is 8. The number of aliphatic hydroxyl groups is 1. The Labute approximate surface area is 220 Å². The van der Waals surface area contributed by atoms with Crippen molar-refractivity contribution in [2.45, 2.75) is 19.6 Å². The molecule has 196 valence electrons. The zero-order valence-corrected chi connectivity index (χ0v) is 21.7. The van der Waals surface area contributed by atoms with Gasteiger partial charge in [0.2, 0.25) is 0 Å². The van der Waals surface area contributed by atoms with Crippen LogP contribution in [0, 0.1) is 5.41 Å². The number of carbonyl (C=O) groups excluding carboxylic acids is 1. The summed E-state index contributed by atoms with van der Waals surface area (Å²) < 4.78 is 11.2. The van der Waals surface area contributed by atoms with Crippen molar-refractivity contribution in [3.05, 3.63) is 70.9 Å². The van der Waals surface area contributed by atoms with Gasteiger partial charge in [0.15, 0.2) is 6.23 Å². The summed E-state index contributed by atoms with van der Waals surface area (Å²) in [6.07, 6.45) is 0.855. The summed E-state index contributed by atoms with van der Waals surface area (Å²) in [5, 5.41) is 25.0. The molecule has 0 radical (unpaired) electrons. The van der Waals surface area contributed by atoms with E-state index in [4.69, 9.17) is 32.2 Å². The summed E-state index contributed by atoms with van der Waals surface area (Å²) in [4.78, 5) is 19.2. The number of nitrogens with one attached hydrogen (secondary N) is 3. The lowest BCUT2D eigenvalue weighted by Crippen LogP contribution is -2.23. The van der Waals surface area contributed by atoms with Crippen molar-refractivity contribution in [2.75, 3.05) is 42.8 Å². The largest absolute Gasteiger partial charge is 0.497 e. The first-order valence-electron chi connectivity index (χ1n) is 11.5. The third-order valence-corrected chi connectivity index (χ3v) is 5.74. The second-order valence-electron chi connectivity index (χ2n) is 8.13. The number of amidine groups is 1. The van der Waals surface area contributed by atoms with Crippen molar-refractivity contribution in [3.8, 4) is 11.5 Å². The molecule has 0 aliphatic heterocycles. The van der Waals surface area contributed by atoms with Crippen molar-refractivity contribution >= 4 is 40.5 Å². The Morgan fingerprint density at radius 2 is 2.03 bits per heavy atom. The highest BCUT2D eigenvalue weighted by Gasteiger charge is 2.20. The van der Waals surface area contributed by atoms with Crippen LogP contribution < -0.4 is 30.7 Å². The number of ether oxygens (including phenoxy) is 2. The maximum atomic E-state index is 13.4. The molecular formula is C26H31ClN6O4. The van der Waals surface area contributed by atoms with E-state index in [0.29, 0.717) is 70.2 Å². The zero-order chi connectivity index (χ0) is 26.9. The number of aliphatic hydroxyl groups excluding tert-OH is 1. The summed E-state index contributed by atoms with van der Waals surface area (Å²) in [7, 11) is 3.27. The Hall–Kier alpha value is -3.86. The first kappa shape index (κ1) is 27.7. The molecule has 3 rings (SSSR count). The van der Waals surface area contributed by atoms with Crippen LogP contribution in [0.4, 0.5) is 17.2 Å². The summed E-state index contributed by atoms with van der Waals surface area (Å²) >= 11 is 5.89. The van der Waals surface area contributed by atoms with E-state index in [1.165, 1.54) is 13.3 Å². The first-order chi connectivity index (χ1) is 17.7. The smallest absolute Gasteiger partial charge is 0.259 e. The van der Waals surface area contributed by atoms with Crippen molar-refractivity contribution in [2.24, 2.45) is 5.73 Å². The van der Waals surface area contributed by atoms with Gasteiger partial charge in [0.05, 0.1) is 30.1 Å². The minimum atomic E-state index is -1.22. The number of nitrogens with two attached hydrogens (primary N) is 1. The van der Waals surface area contributed by atoms with Crippen molar-refractivity contribution < 1.29 is 19.4 Å². The number of pyridine rings is 1. The topological polar surface area (TPSA) is 146 Å². The average molecular weight is 527 g/mol. The van der Waals surface area contributed by atoms with Gasteiger partial charge in [-0.15, -0.1) is 0 Å². The highest BCUT2D eigenvalue weighted by atomic mass is 35.5. The standard InChI is InChI=1S/C26H31ClN6O4/c1-16(29)33(2)18-6-8-20(23(13-18)37-12-4-11-28)25(34)31-22-9-7-19(36-3)14-21(22)26(35)32-24-10-5-17(27)15-30-24/h5-10,13-15,26,29,35H,4,11-12,28H2,1-3H3,(H,30,32)(H,31,34). The molecule has 0 aliphatic carbocycles. The monoisotopic (exact) mass is 526 g/mol. The fourth-order valence-electron chi connectivity index (χ4n) is 3.36. The van der Waals surface area contributed by atoms with E-state index in [1.807, 2.05) is 0 Å². The molecule has 1 amide bonds. The summed E-state index contributed by atoms with van der Waals surface area (Å²) in [5.74, 6) is 1.15. The molecule has 0 aliphatic rings. The second-order valence-corrected chi connectivity index (χ2v) is 8.57. The number of anilines is 3. The number of benzene rings is 2. The molecule has 3 aromatic rings. The minimum Gasteiger partial charge on any atom is -0.497 e. The van der Waals surface area contributed by atoms with E-state index in [2.05, 4.69) is 15.6 Å². The SMILES string of the molecule is COc1ccc(NC(=O)c2ccc(N(C)C(C)=N)cc2OCCCN)c(C(O)Nc2ccc(Cl)cn2)c1. The van der Waals surface area contributed by atoms with Gasteiger partial charge in [-0.1, -0.05) is 11.6 Å². The van der Waals surface area contributed by atoms with E-state index in [-0.39, 0.29) is 0 Å². The molecule has 0 fully saturated rings. The number of methoxy groups -OCH3 is 1. The fourth-order valence-corrected chi connectivity index (χ4v) is 3.47. The van der Waals surface area contributed by atoms with E-state index in [0.717, 1.165) is 0 Å². The number of hydrogen-bond donors (Lipinski definition) is 5. The Morgan fingerprint density at radius 3 is 2.68 bits per heavy atom. The molecule has 0 saturated carbocycles. The van der Waals surface area contributed by atoms with Gasteiger partial charge in [-0.05, 0) is 62.4 Å². The van der Waals surface area contributed by atoms with Crippen molar-refractivity contribution in [1.82, 2.24) is 4.98 Å². The molecule has 11 heteroatoms. The average Bonchev–Trinajstić information content (AvgIpc) is 2.89. The molecule has 37 heavy (non-hydrogen) atoms. The Bertz CT molecular complexity index is 1240. The van der Waals surface area contributed by atoms with E-state index in [9.17, 15) is 9.90 Å². The number of rotatable bonds is 11. The normalized spacial score (nSPS) is 11.4. The molecule has 2 aromatic carbocycles. The van der Waals surface area contributed by atoms with Crippen LogP contribution >= 0.6 is 11.6 Å². The van der Waals surface area contributed by atoms with Gasteiger partial charge < -0.3 is 35.8 Å². The van der Waals surface area contributed by atoms with Crippen LogP contribution in [0.15, 0.2) is 54.7 Å². The highest BCUT2D eigenvalue weighted by molar-refractivity contribution is 6.30. The second kappa shape index (κ2) is 12.9. The lowest BCUT2D eigenvalue weighted by Gasteiger charge is -2.21. The highest BCUT2D eigenvalue weighted by Crippen LogP contribution is 2.31. The minimum absolute atomic E-state index is 0.292. The lowest BCUT2D eigenvalue weighted by molar-refractivity contribution is 0.102. The summed E-state index contributed by atoms with van der Waals surface area (Å²) in [5.41, 5.74) is 7.32. The van der Waals surface area contributed by atoms with Crippen LogP contribution in [0.2, 0.25) is 5.02 Å². The summed E-state index contributed by atoms with van der Waals surface area (Å²) in [6, 6.07) is 13.3. The Morgan fingerprint density at radius 1 is 1.24 bits per heavy atom. The number of carbonyl (C=O) groups is 1. The third-order valence-electron chi connectivity index (χ3n) is 5.52. The van der Waals surface area contributed by atoms with Crippen molar-refractivity contribution in [1.29, 1.82) is 5.41 Å². The molecule has 1 unspecified atom stereocenters. The maximum Gasteiger partial charge on any atom is 0.259 e. The van der Waals surface area contributed by atoms with Crippen LogP contribution in [-0.2, 0) is 0 Å². The van der Waals surface area contributed by atoms with Crippen LogP contribution in [0.5, 0.6) is 11.5 Å². The lowest BCUT2D eigenvalue weighted by atomic mass is 10.1. The quantitative estimate of drug-likeness (QED) is 0.108. The van der Waals surface area contributed by atoms with Gasteiger partial charge in [0.1, 0.15) is 17.3 Å². The number of nitrogens with zero attached hydrogens (tertiary/aromatic N) is 2. The van der Waals surface area contributed by atoms with Gasteiger partial charge in [-0.2, -0.15) is 0 Å². The van der Waals surface area contributed by atoms with Crippen LogP contribution in [0.1, 0.15) is 35.5 Å². The number of halogens is 1. The molecule has 10 nitrogen and oxygen atoms in total. The molecule has 1 atom stereocenters. The maximum absolute atomic E-state index is 13.4. The van der Waals surface area contributed by atoms with Gasteiger partial charge in [-0.25, -0.2) is 4.98 Å².